The maximum atomic E-state index is 11.6. The summed E-state index contributed by atoms with van der Waals surface area (Å²) in [5.74, 6) is 0.574. The van der Waals surface area contributed by atoms with Crippen LogP contribution in [-0.2, 0) is 8.98 Å². The first-order valence-electron chi connectivity index (χ1n) is 5.66. The summed E-state index contributed by atoms with van der Waals surface area (Å²) in [6.45, 7) is 2.04. The minimum absolute atomic E-state index is 0.0122. The Kier molecular flexibility index (Phi) is 3.41. The van der Waals surface area contributed by atoms with Crippen molar-refractivity contribution in [3.63, 3.8) is 0 Å². The molecular weight excluding hydrogens is 224 g/mol. The number of nitrogens with one attached hydrogen (secondary N) is 1. The van der Waals surface area contributed by atoms with Crippen molar-refractivity contribution in [3.8, 4) is 6.07 Å². The summed E-state index contributed by atoms with van der Waals surface area (Å²) in [5, 5.41) is 8.43. The van der Waals surface area contributed by atoms with Crippen LogP contribution in [-0.4, -0.2) is 11.5 Å². The van der Waals surface area contributed by atoms with Gasteiger partial charge in [0.1, 0.15) is 12.2 Å². The van der Waals surface area contributed by atoms with Gasteiger partial charge in [0.15, 0.2) is 0 Å². The van der Waals surface area contributed by atoms with Crippen LogP contribution < -0.4 is 4.72 Å². The minimum Gasteiger partial charge on any atom is -0.290 e. The number of nitrogens with zero attached hydrogens (tertiary/aromatic N) is 1. The quantitative estimate of drug-likeness (QED) is 0.571. The van der Waals surface area contributed by atoms with Crippen molar-refractivity contribution in [2.75, 3.05) is 0 Å². The van der Waals surface area contributed by atoms with Crippen molar-refractivity contribution in [3.05, 3.63) is 0 Å². The number of hydrogen-bond acceptors (Lipinski definition) is 4. The maximum absolute atomic E-state index is 11.6. The van der Waals surface area contributed by atoms with Crippen molar-refractivity contribution in [2.24, 2.45) is 11.8 Å². The lowest BCUT2D eigenvalue weighted by Gasteiger charge is -2.08. The Morgan fingerprint density at radius 1 is 1.69 bits per heavy atom. The van der Waals surface area contributed by atoms with Crippen LogP contribution in [0.25, 0.3) is 0 Å². The Hall–Kier alpha value is -0.730. The lowest BCUT2D eigenvalue weighted by Crippen LogP contribution is -2.20. The number of hydrogen-bond donors (Lipinski definition) is 1. The monoisotopic (exact) mass is 240 g/mol. The Bertz CT molecular complexity index is 322. The van der Waals surface area contributed by atoms with E-state index in [1.165, 1.54) is 0 Å². The van der Waals surface area contributed by atoms with Gasteiger partial charge in [0, 0.05) is 12.3 Å². The molecule has 2 atom stereocenters. The number of nitriles is 1. The summed E-state index contributed by atoms with van der Waals surface area (Å²) in [5.41, 5.74) is -0.0122. The van der Waals surface area contributed by atoms with Crippen LogP contribution in [0.1, 0.15) is 39.0 Å². The van der Waals surface area contributed by atoms with Gasteiger partial charge < -0.3 is 0 Å². The van der Waals surface area contributed by atoms with E-state index in [1.807, 2.05) is 6.92 Å². The van der Waals surface area contributed by atoms with Gasteiger partial charge in [-0.3, -0.25) is 13.7 Å². The van der Waals surface area contributed by atoms with Gasteiger partial charge in [-0.25, -0.2) is 0 Å². The second kappa shape index (κ2) is 4.64. The van der Waals surface area contributed by atoms with E-state index in [2.05, 4.69) is 10.8 Å². The molecule has 2 aliphatic carbocycles. The SMILES string of the molecule is CC1(OSNC(=O)[C@H]2C[C@H]2CCC#N)CC1. The van der Waals surface area contributed by atoms with Gasteiger partial charge in [-0.1, -0.05) is 0 Å². The standard InChI is InChI=1S/C11H16N2O2S/c1-11(4-5-11)15-16-13-10(14)9-7-8(9)3-2-6-12/h8-9H,2-5,7H2,1H3,(H,13,14)/t8-,9+/m1/s1. The smallest absolute Gasteiger partial charge is 0.234 e. The van der Waals surface area contributed by atoms with Gasteiger partial charge in [-0.15, -0.1) is 0 Å². The lowest BCUT2D eigenvalue weighted by molar-refractivity contribution is -0.120. The summed E-state index contributed by atoms with van der Waals surface area (Å²) in [7, 11) is 0. The number of amides is 1. The van der Waals surface area contributed by atoms with Gasteiger partial charge in [0.25, 0.3) is 0 Å². The minimum atomic E-state index is -0.0122. The first-order chi connectivity index (χ1) is 7.64. The number of carbonyl (C=O) groups excluding carboxylic acids is 1. The molecule has 0 aromatic carbocycles. The van der Waals surface area contributed by atoms with E-state index in [-0.39, 0.29) is 17.4 Å². The third-order valence-corrected chi connectivity index (χ3v) is 4.00. The molecule has 0 aliphatic heterocycles. The highest BCUT2D eigenvalue weighted by Gasteiger charge is 2.43. The van der Waals surface area contributed by atoms with Crippen LogP contribution >= 0.6 is 12.2 Å². The summed E-state index contributed by atoms with van der Waals surface area (Å²) in [6, 6.07) is 2.11. The lowest BCUT2D eigenvalue weighted by atomic mass is 10.2. The van der Waals surface area contributed by atoms with Gasteiger partial charge in [-0.05, 0) is 38.5 Å². The molecule has 0 aromatic rings. The molecule has 2 saturated carbocycles. The highest BCUT2D eigenvalue weighted by Crippen LogP contribution is 2.43. The predicted molar refractivity (Wildman–Crippen MR) is 60.9 cm³/mol. The molecule has 0 aromatic heterocycles. The van der Waals surface area contributed by atoms with Crippen molar-refractivity contribution < 1.29 is 8.98 Å². The first kappa shape index (κ1) is 11.7. The fourth-order valence-electron chi connectivity index (χ4n) is 1.64. The number of rotatable bonds is 6. The van der Waals surface area contributed by atoms with Crippen LogP contribution in [0.5, 0.6) is 0 Å². The average Bonchev–Trinajstić information content (AvgIpc) is 3.13. The molecule has 2 fully saturated rings. The zero-order valence-corrected chi connectivity index (χ0v) is 10.2. The van der Waals surface area contributed by atoms with Gasteiger partial charge >= 0.3 is 0 Å². The molecular formula is C11H16N2O2S. The molecule has 2 aliphatic rings. The predicted octanol–water partition coefficient (Wildman–Crippen LogP) is 2.17. The number of carbonyl (C=O) groups is 1. The zero-order chi connectivity index (χ0) is 11.6. The zero-order valence-electron chi connectivity index (χ0n) is 9.36. The van der Waals surface area contributed by atoms with Crippen LogP contribution in [0.2, 0.25) is 0 Å². The van der Waals surface area contributed by atoms with Gasteiger partial charge in [-0.2, -0.15) is 5.26 Å². The molecule has 0 radical (unpaired) electrons. The highest BCUT2D eigenvalue weighted by molar-refractivity contribution is 7.93. The van der Waals surface area contributed by atoms with E-state index >= 15 is 0 Å². The highest BCUT2D eigenvalue weighted by atomic mass is 32.2. The second-order valence-corrected chi connectivity index (χ2v) is 5.42. The Balaban J connectivity index is 1.57. The van der Waals surface area contributed by atoms with E-state index in [0.29, 0.717) is 12.3 Å². The molecule has 2 rings (SSSR count). The molecule has 0 spiro atoms. The van der Waals surface area contributed by atoms with Gasteiger partial charge in [0.05, 0.1) is 11.7 Å². The third kappa shape index (κ3) is 3.13. The fourth-order valence-corrected chi connectivity index (χ4v) is 2.28. The molecule has 0 saturated heterocycles. The summed E-state index contributed by atoms with van der Waals surface area (Å²) >= 11 is 1.06. The third-order valence-electron chi connectivity index (χ3n) is 3.23. The van der Waals surface area contributed by atoms with Crippen molar-refractivity contribution in [2.45, 2.75) is 44.6 Å². The van der Waals surface area contributed by atoms with Crippen molar-refractivity contribution in [1.29, 1.82) is 5.26 Å². The summed E-state index contributed by atoms with van der Waals surface area (Å²) < 4.78 is 8.16. The van der Waals surface area contributed by atoms with Crippen LogP contribution in [0.3, 0.4) is 0 Å². The summed E-state index contributed by atoms with van der Waals surface area (Å²) in [6.07, 6.45) is 4.47. The summed E-state index contributed by atoms with van der Waals surface area (Å²) in [4.78, 5) is 11.6. The Labute approximate surface area is 100 Å². The van der Waals surface area contributed by atoms with Crippen LogP contribution in [0.4, 0.5) is 0 Å². The van der Waals surface area contributed by atoms with Gasteiger partial charge in [0.2, 0.25) is 5.91 Å². The molecule has 4 nitrogen and oxygen atoms in total. The topological polar surface area (TPSA) is 62.1 Å². The largest absolute Gasteiger partial charge is 0.290 e. The van der Waals surface area contributed by atoms with E-state index in [9.17, 15) is 4.79 Å². The molecule has 5 heteroatoms. The maximum Gasteiger partial charge on any atom is 0.234 e. The Morgan fingerprint density at radius 2 is 2.44 bits per heavy atom. The normalized spacial score (nSPS) is 29.2. The van der Waals surface area contributed by atoms with E-state index < -0.39 is 0 Å². The van der Waals surface area contributed by atoms with Crippen LogP contribution in [0.15, 0.2) is 0 Å². The molecule has 88 valence electrons. The first-order valence-corrected chi connectivity index (χ1v) is 6.40. The molecule has 0 bridgehead atoms. The fraction of sp³-hybridized carbons (Fsp3) is 0.818. The average molecular weight is 240 g/mol. The van der Waals surface area contributed by atoms with Crippen molar-refractivity contribution >= 4 is 18.1 Å². The molecule has 0 heterocycles. The van der Waals surface area contributed by atoms with E-state index in [1.54, 1.807) is 0 Å². The Morgan fingerprint density at radius 3 is 3.06 bits per heavy atom. The van der Waals surface area contributed by atoms with Crippen LogP contribution in [0, 0.1) is 23.2 Å². The molecule has 1 amide bonds. The molecule has 1 N–H and O–H groups in total. The van der Waals surface area contributed by atoms with Crippen molar-refractivity contribution in [1.82, 2.24) is 4.72 Å². The molecule has 0 unspecified atom stereocenters. The molecule has 16 heavy (non-hydrogen) atoms. The van der Waals surface area contributed by atoms with E-state index in [0.717, 1.165) is 37.9 Å². The van der Waals surface area contributed by atoms with E-state index in [4.69, 9.17) is 9.44 Å². The second-order valence-electron chi connectivity index (χ2n) is 4.88.